The maximum atomic E-state index is 12.3. The average molecular weight is 377 g/mol. The predicted octanol–water partition coefficient (Wildman–Crippen LogP) is 3.16. The zero-order chi connectivity index (χ0) is 15.9. The number of amides is 1. The molecule has 0 saturated heterocycles. The first-order valence-electron chi connectivity index (χ1n) is 8.41. The Bertz CT molecular complexity index is 476. The molecule has 24 heavy (non-hydrogen) atoms. The van der Waals surface area contributed by atoms with Crippen molar-refractivity contribution in [2.75, 3.05) is 18.0 Å². The van der Waals surface area contributed by atoms with Crippen molar-refractivity contribution in [3.63, 3.8) is 0 Å². The molecule has 0 unspecified atom stereocenters. The Hall–Kier alpha value is -1.04. The number of nitrogens with two attached hydrogens (primary N) is 1. The van der Waals surface area contributed by atoms with Gasteiger partial charge in [-0.1, -0.05) is 6.92 Å². The molecule has 1 heterocycles. The van der Waals surface area contributed by atoms with Gasteiger partial charge in [-0.3, -0.25) is 4.79 Å². The van der Waals surface area contributed by atoms with Crippen LogP contribution in [0.15, 0.2) is 18.3 Å². The molecule has 1 aliphatic rings. The van der Waals surface area contributed by atoms with Crippen molar-refractivity contribution >= 4 is 36.5 Å². The van der Waals surface area contributed by atoms with Gasteiger partial charge in [-0.2, -0.15) is 0 Å². The van der Waals surface area contributed by atoms with E-state index in [-0.39, 0.29) is 36.8 Å². The SMILES string of the molecule is CCCN(CC)c1ccc(C(=O)NC2CCC(N)CC2)cn1.Cl.Cl. The minimum absolute atomic E-state index is 0. The molecule has 0 radical (unpaired) electrons. The summed E-state index contributed by atoms with van der Waals surface area (Å²) >= 11 is 0. The van der Waals surface area contributed by atoms with Crippen LogP contribution < -0.4 is 16.0 Å². The highest BCUT2D eigenvalue weighted by atomic mass is 35.5. The molecule has 1 aromatic rings. The van der Waals surface area contributed by atoms with Gasteiger partial charge in [0.1, 0.15) is 5.82 Å². The van der Waals surface area contributed by atoms with Crippen LogP contribution in [0.2, 0.25) is 0 Å². The molecule has 5 nitrogen and oxygen atoms in total. The lowest BCUT2D eigenvalue weighted by Gasteiger charge is -2.26. The van der Waals surface area contributed by atoms with Crippen molar-refractivity contribution in [3.05, 3.63) is 23.9 Å². The molecule has 1 aromatic heterocycles. The van der Waals surface area contributed by atoms with Crippen LogP contribution in [0.3, 0.4) is 0 Å². The Kier molecular flexibility index (Phi) is 11.0. The van der Waals surface area contributed by atoms with E-state index in [2.05, 4.69) is 29.0 Å². The van der Waals surface area contributed by atoms with Crippen LogP contribution in [-0.4, -0.2) is 36.1 Å². The summed E-state index contributed by atoms with van der Waals surface area (Å²) in [4.78, 5) is 18.9. The summed E-state index contributed by atoms with van der Waals surface area (Å²) in [5, 5.41) is 3.10. The lowest BCUT2D eigenvalue weighted by Crippen LogP contribution is -2.40. The van der Waals surface area contributed by atoms with E-state index in [9.17, 15) is 4.79 Å². The largest absolute Gasteiger partial charge is 0.357 e. The van der Waals surface area contributed by atoms with Crippen LogP contribution in [0, 0.1) is 0 Å². The van der Waals surface area contributed by atoms with Crippen molar-refractivity contribution in [2.45, 2.75) is 58.0 Å². The van der Waals surface area contributed by atoms with Crippen molar-refractivity contribution in [1.29, 1.82) is 0 Å². The minimum atomic E-state index is -0.0296. The number of pyridine rings is 1. The minimum Gasteiger partial charge on any atom is -0.357 e. The molecule has 0 aliphatic heterocycles. The molecule has 0 aromatic carbocycles. The van der Waals surface area contributed by atoms with Crippen molar-refractivity contribution < 1.29 is 4.79 Å². The number of hydrogen-bond acceptors (Lipinski definition) is 4. The highest BCUT2D eigenvalue weighted by Crippen LogP contribution is 2.18. The molecular formula is C17H30Cl2N4O. The summed E-state index contributed by atoms with van der Waals surface area (Å²) in [5.41, 5.74) is 6.52. The maximum absolute atomic E-state index is 12.3. The van der Waals surface area contributed by atoms with Gasteiger partial charge in [0.05, 0.1) is 5.56 Å². The summed E-state index contributed by atoms with van der Waals surface area (Å²) in [7, 11) is 0. The number of carbonyl (C=O) groups excluding carboxylic acids is 1. The van der Waals surface area contributed by atoms with Gasteiger partial charge < -0.3 is 16.0 Å². The van der Waals surface area contributed by atoms with Crippen LogP contribution in [0.4, 0.5) is 5.82 Å². The van der Waals surface area contributed by atoms with Crippen molar-refractivity contribution in [1.82, 2.24) is 10.3 Å². The zero-order valence-corrected chi connectivity index (χ0v) is 16.2. The van der Waals surface area contributed by atoms with Crippen molar-refractivity contribution in [3.8, 4) is 0 Å². The van der Waals surface area contributed by atoms with E-state index in [1.54, 1.807) is 6.20 Å². The molecule has 1 fully saturated rings. The lowest BCUT2D eigenvalue weighted by atomic mass is 9.92. The quantitative estimate of drug-likeness (QED) is 0.799. The summed E-state index contributed by atoms with van der Waals surface area (Å²) in [6.45, 7) is 6.18. The van der Waals surface area contributed by atoms with Crippen LogP contribution in [0.25, 0.3) is 0 Å². The fourth-order valence-electron chi connectivity index (χ4n) is 2.94. The molecule has 0 atom stereocenters. The molecule has 2 rings (SSSR count). The summed E-state index contributed by atoms with van der Waals surface area (Å²) in [5.74, 6) is 0.905. The Balaban J connectivity index is 0.00000264. The second-order valence-corrected chi connectivity index (χ2v) is 6.07. The second kappa shape index (κ2) is 11.5. The van der Waals surface area contributed by atoms with Crippen LogP contribution in [-0.2, 0) is 0 Å². The van der Waals surface area contributed by atoms with Crippen molar-refractivity contribution in [2.24, 2.45) is 5.73 Å². The number of rotatable bonds is 6. The number of nitrogens with one attached hydrogen (secondary N) is 1. The smallest absolute Gasteiger partial charge is 0.253 e. The number of carbonyl (C=O) groups is 1. The molecule has 7 heteroatoms. The Morgan fingerprint density at radius 1 is 1.25 bits per heavy atom. The molecule has 1 saturated carbocycles. The zero-order valence-electron chi connectivity index (χ0n) is 14.5. The van der Waals surface area contributed by atoms with E-state index in [4.69, 9.17) is 5.73 Å². The standard InChI is InChI=1S/C17H28N4O.2ClH/c1-3-11-21(4-2)16-10-5-13(12-19-16)17(22)20-15-8-6-14(18)7-9-15;;/h5,10,12,14-15H,3-4,6-9,11,18H2,1-2H3,(H,20,22);2*1H. The van der Waals surface area contributed by atoms with E-state index < -0.39 is 0 Å². The first-order valence-corrected chi connectivity index (χ1v) is 8.41. The molecule has 0 spiro atoms. The number of hydrogen-bond donors (Lipinski definition) is 2. The topological polar surface area (TPSA) is 71.2 Å². The molecule has 138 valence electrons. The predicted molar refractivity (Wildman–Crippen MR) is 105 cm³/mol. The van der Waals surface area contributed by atoms with E-state index in [0.717, 1.165) is 51.0 Å². The molecule has 0 bridgehead atoms. The Labute approximate surface area is 157 Å². The van der Waals surface area contributed by atoms with E-state index in [1.807, 2.05) is 12.1 Å². The summed E-state index contributed by atoms with van der Waals surface area (Å²) in [6.07, 6.45) is 6.69. The van der Waals surface area contributed by atoms with E-state index in [1.165, 1.54) is 0 Å². The molecule has 1 aliphatic carbocycles. The molecule has 3 N–H and O–H groups in total. The number of aromatic nitrogens is 1. The lowest BCUT2D eigenvalue weighted by molar-refractivity contribution is 0.0925. The van der Waals surface area contributed by atoms with Gasteiger partial charge in [-0.15, -0.1) is 24.8 Å². The van der Waals surface area contributed by atoms with Gasteiger partial charge in [-0.05, 0) is 51.2 Å². The third kappa shape index (κ3) is 6.46. The Morgan fingerprint density at radius 2 is 1.92 bits per heavy atom. The highest BCUT2D eigenvalue weighted by molar-refractivity contribution is 5.94. The van der Waals surface area contributed by atoms with Gasteiger partial charge >= 0.3 is 0 Å². The highest BCUT2D eigenvalue weighted by Gasteiger charge is 2.20. The van der Waals surface area contributed by atoms with E-state index >= 15 is 0 Å². The number of anilines is 1. The van der Waals surface area contributed by atoms with Gasteiger partial charge in [0.25, 0.3) is 5.91 Å². The van der Waals surface area contributed by atoms with Gasteiger partial charge in [0.2, 0.25) is 0 Å². The third-order valence-corrected chi connectivity index (χ3v) is 4.32. The third-order valence-electron chi connectivity index (χ3n) is 4.32. The monoisotopic (exact) mass is 376 g/mol. The average Bonchev–Trinajstić information content (AvgIpc) is 2.55. The fourth-order valence-corrected chi connectivity index (χ4v) is 2.94. The Morgan fingerprint density at radius 3 is 2.42 bits per heavy atom. The second-order valence-electron chi connectivity index (χ2n) is 6.07. The van der Waals surface area contributed by atoms with E-state index in [0.29, 0.717) is 11.6 Å². The molecule has 1 amide bonds. The number of halogens is 2. The van der Waals surface area contributed by atoms with Crippen LogP contribution in [0.5, 0.6) is 0 Å². The van der Waals surface area contributed by atoms with Crippen LogP contribution in [0.1, 0.15) is 56.3 Å². The maximum Gasteiger partial charge on any atom is 0.253 e. The van der Waals surface area contributed by atoms with Gasteiger partial charge in [-0.25, -0.2) is 4.98 Å². The normalized spacial score (nSPS) is 19.6. The van der Waals surface area contributed by atoms with Crippen LogP contribution >= 0.6 is 24.8 Å². The van der Waals surface area contributed by atoms with Gasteiger partial charge in [0.15, 0.2) is 0 Å². The number of nitrogens with zero attached hydrogens (tertiary/aromatic N) is 2. The summed E-state index contributed by atoms with van der Waals surface area (Å²) in [6, 6.07) is 4.35. The first-order chi connectivity index (χ1) is 10.6. The fraction of sp³-hybridized carbons (Fsp3) is 0.647. The first kappa shape index (κ1) is 23.0. The van der Waals surface area contributed by atoms with Gasteiger partial charge in [0, 0.05) is 31.4 Å². The molecular weight excluding hydrogens is 347 g/mol. The summed E-state index contributed by atoms with van der Waals surface area (Å²) < 4.78 is 0.